The Morgan fingerprint density at radius 3 is 2.29 bits per heavy atom. The molecule has 0 rings (SSSR count). The van der Waals surface area contributed by atoms with Gasteiger partial charge < -0.3 is 14.2 Å². The fourth-order valence-corrected chi connectivity index (χ4v) is 1.07. The first-order valence-corrected chi connectivity index (χ1v) is 6.41. The van der Waals surface area contributed by atoms with Crippen LogP contribution in [0.25, 0.3) is 0 Å². The Labute approximate surface area is 112 Å². The van der Waals surface area contributed by atoms with Gasteiger partial charge in [-0.15, -0.1) is 0 Å². The van der Waals surface area contributed by atoms with E-state index in [1.54, 1.807) is 13.8 Å². The zero-order valence-corrected chi connectivity index (χ0v) is 11.8. The van der Waals surface area contributed by atoms with Crippen molar-refractivity contribution in [3.05, 3.63) is 0 Å². The lowest BCUT2D eigenvalue weighted by Crippen LogP contribution is -2.30. The molecule has 0 spiro atoms. The SMILES string of the molecule is CC(C)(CCOC(=O)CS)OC(=O)OCCS. The summed E-state index contributed by atoms with van der Waals surface area (Å²) in [5.41, 5.74) is -0.745. The number of hydrogen-bond donors (Lipinski definition) is 2. The van der Waals surface area contributed by atoms with Gasteiger partial charge in [-0.1, -0.05) is 0 Å². The molecule has 0 amide bonds. The lowest BCUT2D eigenvalue weighted by atomic mass is 10.1. The van der Waals surface area contributed by atoms with Gasteiger partial charge in [-0.2, -0.15) is 25.3 Å². The van der Waals surface area contributed by atoms with Crippen molar-refractivity contribution >= 4 is 37.4 Å². The number of ether oxygens (including phenoxy) is 3. The molecule has 100 valence electrons. The van der Waals surface area contributed by atoms with E-state index in [1.165, 1.54) is 0 Å². The molecule has 0 unspecified atom stereocenters. The van der Waals surface area contributed by atoms with Crippen molar-refractivity contribution in [2.75, 3.05) is 24.7 Å². The number of hydrogen-bond acceptors (Lipinski definition) is 7. The molecular weight excluding hydrogens is 264 g/mol. The molecule has 7 heteroatoms. The summed E-state index contributed by atoms with van der Waals surface area (Å²) in [6.45, 7) is 3.80. The molecule has 0 heterocycles. The third-order valence-corrected chi connectivity index (χ3v) is 2.21. The van der Waals surface area contributed by atoms with Crippen molar-refractivity contribution in [3.8, 4) is 0 Å². The summed E-state index contributed by atoms with van der Waals surface area (Å²) >= 11 is 7.67. The summed E-state index contributed by atoms with van der Waals surface area (Å²) < 4.78 is 14.6. The molecule has 0 saturated carbocycles. The molecule has 0 aliphatic carbocycles. The zero-order chi connectivity index (χ0) is 13.3. The van der Waals surface area contributed by atoms with E-state index in [0.717, 1.165) is 0 Å². The molecular formula is C10H18O5S2. The zero-order valence-electron chi connectivity index (χ0n) is 9.97. The van der Waals surface area contributed by atoms with Gasteiger partial charge in [0.05, 0.1) is 12.4 Å². The molecule has 0 aromatic carbocycles. The summed E-state index contributed by atoms with van der Waals surface area (Å²) in [5, 5.41) is 0. The molecule has 0 bridgehead atoms. The average Bonchev–Trinajstić information content (AvgIpc) is 2.25. The van der Waals surface area contributed by atoms with E-state index in [-0.39, 0.29) is 19.0 Å². The van der Waals surface area contributed by atoms with E-state index in [9.17, 15) is 9.59 Å². The van der Waals surface area contributed by atoms with E-state index in [0.29, 0.717) is 12.2 Å². The summed E-state index contributed by atoms with van der Waals surface area (Å²) in [6.07, 6.45) is -0.354. The maximum atomic E-state index is 11.2. The first-order valence-electron chi connectivity index (χ1n) is 5.14. The molecule has 0 aromatic heterocycles. The van der Waals surface area contributed by atoms with Crippen molar-refractivity contribution in [1.29, 1.82) is 0 Å². The molecule has 0 fully saturated rings. The highest BCUT2D eigenvalue weighted by molar-refractivity contribution is 7.81. The Hall–Kier alpha value is -0.560. The molecule has 0 atom stereocenters. The summed E-state index contributed by atoms with van der Waals surface area (Å²) in [7, 11) is 0. The van der Waals surface area contributed by atoms with Crippen LogP contribution in [0.15, 0.2) is 0 Å². The third kappa shape index (κ3) is 9.17. The van der Waals surface area contributed by atoms with E-state index in [4.69, 9.17) is 14.2 Å². The number of carbonyl (C=O) groups excluding carboxylic acids is 2. The second kappa shape index (κ2) is 8.52. The smallest absolute Gasteiger partial charge is 0.465 e. The molecule has 0 N–H and O–H groups in total. The summed E-state index contributed by atoms with van der Waals surface area (Å²) in [6, 6.07) is 0. The van der Waals surface area contributed by atoms with Crippen molar-refractivity contribution < 1.29 is 23.8 Å². The standard InChI is InChI=1S/C10H18O5S2/c1-10(2,3-4-13-8(11)7-17)15-9(12)14-5-6-16/h16-17H,3-7H2,1-2H3. The molecule has 5 nitrogen and oxygen atoms in total. The van der Waals surface area contributed by atoms with Crippen LogP contribution < -0.4 is 0 Å². The monoisotopic (exact) mass is 282 g/mol. The van der Waals surface area contributed by atoms with E-state index < -0.39 is 17.7 Å². The first kappa shape index (κ1) is 16.4. The van der Waals surface area contributed by atoms with Crippen molar-refractivity contribution in [2.45, 2.75) is 25.9 Å². The highest BCUT2D eigenvalue weighted by Gasteiger charge is 2.24. The van der Waals surface area contributed by atoms with Gasteiger partial charge in [-0.3, -0.25) is 4.79 Å². The van der Waals surface area contributed by atoms with Crippen LogP contribution in [-0.2, 0) is 19.0 Å². The van der Waals surface area contributed by atoms with Crippen LogP contribution in [0.5, 0.6) is 0 Å². The predicted octanol–water partition coefficient (Wildman–Crippen LogP) is 1.71. The Kier molecular flexibility index (Phi) is 8.24. The Balaban J connectivity index is 3.86. The minimum Gasteiger partial charge on any atom is -0.465 e. The molecule has 0 saturated heterocycles. The second-order valence-electron chi connectivity index (χ2n) is 3.81. The van der Waals surface area contributed by atoms with E-state index in [2.05, 4.69) is 25.3 Å². The highest BCUT2D eigenvalue weighted by atomic mass is 32.1. The Bertz CT molecular complexity index is 255. The average molecular weight is 282 g/mol. The number of rotatable bonds is 7. The van der Waals surface area contributed by atoms with Gasteiger partial charge in [0.15, 0.2) is 0 Å². The lowest BCUT2D eigenvalue weighted by molar-refractivity contribution is -0.141. The normalized spacial score (nSPS) is 10.8. The maximum Gasteiger partial charge on any atom is 0.508 e. The third-order valence-electron chi connectivity index (χ3n) is 1.77. The van der Waals surface area contributed by atoms with Gasteiger partial charge in [0.1, 0.15) is 12.2 Å². The van der Waals surface area contributed by atoms with Crippen molar-refractivity contribution in [1.82, 2.24) is 0 Å². The van der Waals surface area contributed by atoms with Crippen LogP contribution in [0.2, 0.25) is 0 Å². The largest absolute Gasteiger partial charge is 0.508 e. The minimum atomic E-state index is -0.746. The van der Waals surface area contributed by atoms with Gasteiger partial charge in [0.25, 0.3) is 0 Å². The molecule has 0 aliphatic heterocycles. The van der Waals surface area contributed by atoms with Crippen LogP contribution in [0.1, 0.15) is 20.3 Å². The summed E-state index contributed by atoms with van der Waals surface area (Å²) in [4.78, 5) is 22.0. The second-order valence-corrected chi connectivity index (χ2v) is 4.58. The van der Waals surface area contributed by atoms with Gasteiger partial charge >= 0.3 is 12.1 Å². The molecule has 0 radical (unpaired) electrons. The van der Waals surface area contributed by atoms with Crippen molar-refractivity contribution in [3.63, 3.8) is 0 Å². The topological polar surface area (TPSA) is 61.8 Å². The summed E-state index contributed by atoms with van der Waals surface area (Å²) in [5.74, 6) is 0.0715. The predicted molar refractivity (Wildman–Crippen MR) is 69.8 cm³/mol. The van der Waals surface area contributed by atoms with Gasteiger partial charge in [-0.05, 0) is 13.8 Å². The Morgan fingerprint density at radius 1 is 1.12 bits per heavy atom. The molecule has 17 heavy (non-hydrogen) atoms. The van der Waals surface area contributed by atoms with E-state index in [1.807, 2.05) is 0 Å². The van der Waals surface area contributed by atoms with E-state index >= 15 is 0 Å². The minimum absolute atomic E-state index is 0.0330. The van der Waals surface area contributed by atoms with Gasteiger partial charge in [-0.25, -0.2) is 4.79 Å². The van der Waals surface area contributed by atoms with Crippen LogP contribution in [0.4, 0.5) is 4.79 Å². The fourth-order valence-electron chi connectivity index (χ4n) is 0.891. The van der Waals surface area contributed by atoms with Crippen molar-refractivity contribution in [2.24, 2.45) is 0 Å². The number of esters is 1. The first-order chi connectivity index (χ1) is 7.91. The number of carbonyl (C=O) groups is 2. The molecule has 0 aliphatic rings. The van der Waals surface area contributed by atoms with Gasteiger partial charge in [0, 0.05) is 12.2 Å². The van der Waals surface area contributed by atoms with Crippen LogP contribution in [0, 0.1) is 0 Å². The quantitative estimate of drug-likeness (QED) is 0.550. The maximum absolute atomic E-state index is 11.2. The molecule has 0 aromatic rings. The van der Waals surface area contributed by atoms with Crippen LogP contribution >= 0.6 is 25.3 Å². The Morgan fingerprint density at radius 2 is 1.76 bits per heavy atom. The van der Waals surface area contributed by atoms with Crippen LogP contribution in [-0.4, -0.2) is 42.4 Å². The lowest BCUT2D eigenvalue weighted by Gasteiger charge is -2.24. The van der Waals surface area contributed by atoms with Crippen LogP contribution in [0.3, 0.4) is 0 Å². The fraction of sp³-hybridized carbons (Fsp3) is 0.800. The highest BCUT2D eigenvalue weighted by Crippen LogP contribution is 2.15. The number of thiol groups is 2. The van der Waals surface area contributed by atoms with Gasteiger partial charge in [0.2, 0.25) is 0 Å².